The van der Waals surface area contributed by atoms with Gasteiger partial charge < -0.3 is 0 Å². The summed E-state index contributed by atoms with van der Waals surface area (Å²) in [5.74, 6) is 0. The summed E-state index contributed by atoms with van der Waals surface area (Å²) < 4.78 is 38.2. The second-order valence-electron chi connectivity index (χ2n) is 3.52. The van der Waals surface area contributed by atoms with E-state index in [1.807, 2.05) is 0 Å². The predicted octanol–water partition coefficient (Wildman–Crippen LogP) is 3.60. The summed E-state index contributed by atoms with van der Waals surface area (Å²) in [4.78, 5) is 0. The van der Waals surface area contributed by atoms with Crippen molar-refractivity contribution >= 4 is 11.6 Å². The van der Waals surface area contributed by atoms with Crippen molar-refractivity contribution in [1.82, 2.24) is 9.78 Å². The molecule has 0 saturated heterocycles. The second kappa shape index (κ2) is 4.41. The third-order valence-corrected chi connectivity index (χ3v) is 2.62. The van der Waals surface area contributed by atoms with Gasteiger partial charge in [0.1, 0.15) is 0 Å². The van der Waals surface area contributed by atoms with E-state index in [2.05, 4.69) is 5.10 Å². The van der Waals surface area contributed by atoms with E-state index in [9.17, 15) is 13.2 Å². The molecule has 17 heavy (non-hydrogen) atoms. The van der Waals surface area contributed by atoms with Crippen molar-refractivity contribution in [1.29, 1.82) is 0 Å². The van der Waals surface area contributed by atoms with Crippen molar-refractivity contribution in [2.75, 3.05) is 0 Å². The number of nitrogens with zero attached hydrogens (tertiary/aromatic N) is 2. The van der Waals surface area contributed by atoms with Gasteiger partial charge in [-0.2, -0.15) is 18.3 Å². The van der Waals surface area contributed by atoms with Gasteiger partial charge in [-0.15, -0.1) is 0 Å². The van der Waals surface area contributed by atoms with Crippen LogP contribution in [0.5, 0.6) is 0 Å². The Bertz CT molecular complexity index is 519. The molecule has 1 aromatic carbocycles. The van der Waals surface area contributed by atoms with Gasteiger partial charge in [0.2, 0.25) is 0 Å². The zero-order valence-electron chi connectivity index (χ0n) is 8.58. The first kappa shape index (κ1) is 12.0. The van der Waals surface area contributed by atoms with Crippen LogP contribution in [0.1, 0.15) is 11.1 Å². The molecule has 0 fully saturated rings. The molecule has 0 aliphatic rings. The first-order valence-electron chi connectivity index (χ1n) is 4.80. The van der Waals surface area contributed by atoms with Crippen molar-refractivity contribution < 1.29 is 13.2 Å². The minimum absolute atomic E-state index is 0.218. The van der Waals surface area contributed by atoms with Crippen molar-refractivity contribution in [3.63, 3.8) is 0 Å². The van der Waals surface area contributed by atoms with Crippen LogP contribution < -0.4 is 0 Å². The lowest BCUT2D eigenvalue weighted by atomic mass is 10.2. The van der Waals surface area contributed by atoms with E-state index in [0.29, 0.717) is 5.02 Å². The predicted molar refractivity (Wildman–Crippen MR) is 57.8 cm³/mol. The molecule has 0 N–H and O–H groups in total. The van der Waals surface area contributed by atoms with Gasteiger partial charge in [0, 0.05) is 11.2 Å². The molecule has 6 heteroatoms. The molecule has 0 aliphatic heterocycles. The van der Waals surface area contributed by atoms with Crippen molar-refractivity contribution in [2.24, 2.45) is 0 Å². The summed E-state index contributed by atoms with van der Waals surface area (Å²) in [6, 6.07) is 6.97. The number of aromatic nitrogens is 2. The van der Waals surface area contributed by atoms with Crippen LogP contribution in [-0.4, -0.2) is 9.78 Å². The Morgan fingerprint density at radius 3 is 2.53 bits per heavy atom. The summed E-state index contributed by atoms with van der Waals surface area (Å²) in [6.07, 6.45) is -2.60. The van der Waals surface area contributed by atoms with Crippen LogP contribution >= 0.6 is 11.6 Å². The van der Waals surface area contributed by atoms with Gasteiger partial charge in [0.05, 0.1) is 18.3 Å². The van der Waals surface area contributed by atoms with E-state index in [-0.39, 0.29) is 6.54 Å². The molecule has 2 rings (SSSR count). The largest absolute Gasteiger partial charge is 0.419 e. The summed E-state index contributed by atoms with van der Waals surface area (Å²) in [5.41, 5.74) is -0.0319. The fourth-order valence-electron chi connectivity index (χ4n) is 1.40. The summed E-state index contributed by atoms with van der Waals surface area (Å²) in [5, 5.41) is 4.17. The van der Waals surface area contributed by atoms with E-state index in [4.69, 9.17) is 11.6 Å². The van der Waals surface area contributed by atoms with Crippen LogP contribution in [0, 0.1) is 0 Å². The third kappa shape index (κ3) is 2.79. The molecule has 2 aromatic rings. The Kier molecular flexibility index (Phi) is 3.11. The number of hydrogen-bond donors (Lipinski definition) is 0. The van der Waals surface area contributed by atoms with E-state index < -0.39 is 11.7 Å². The zero-order valence-corrected chi connectivity index (χ0v) is 9.33. The maximum atomic E-state index is 12.3. The maximum Gasteiger partial charge on any atom is 0.419 e. The molecule has 1 heterocycles. The number of alkyl halides is 3. The van der Waals surface area contributed by atoms with E-state index in [1.54, 1.807) is 24.3 Å². The summed E-state index contributed by atoms with van der Waals surface area (Å²) >= 11 is 5.91. The number of halogens is 4. The van der Waals surface area contributed by atoms with Gasteiger partial charge in [-0.1, -0.05) is 29.8 Å². The highest BCUT2D eigenvalue weighted by atomic mass is 35.5. The Morgan fingerprint density at radius 1 is 1.24 bits per heavy atom. The fraction of sp³-hybridized carbons (Fsp3) is 0.182. The number of hydrogen-bond acceptors (Lipinski definition) is 1. The SMILES string of the molecule is FC(F)(F)c1cnn(Cc2ccccc2Cl)c1. The van der Waals surface area contributed by atoms with Crippen LogP contribution in [0.3, 0.4) is 0 Å². The maximum absolute atomic E-state index is 12.3. The van der Waals surface area contributed by atoms with Crippen LogP contribution in [0.25, 0.3) is 0 Å². The van der Waals surface area contributed by atoms with Crippen LogP contribution in [0.4, 0.5) is 13.2 Å². The third-order valence-electron chi connectivity index (χ3n) is 2.25. The minimum Gasteiger partial charge on any atom is -0.268 e. The lowest BCUT2D eigenvalue weighted by Crippen LogP contribution is -2.04. The molecular formula is C11H8ClF3N2. The van der Waals surface area contributed by atoms with E-state index >= 15 is 0 Å². The molecule has 1 aromatic heterocycles. The van der Waals surface area contributed by atoms with Crippen molar-refractivity contribution in [3.8, 4) is 0 Å². The second-order valence-corrected chi connectivity index (χ2v) is 3.92. The number of rotatable bonds is 2. The summed E-state index contributed by atoms with van der Waals surface area (Å²) in [7, 11) is 0. The van der Waals surface area contributed by atoms with Gasteiger partial charge in [-0.25, -0.2) is 0 Å². The van der Waals surface area contributed by atoms with E-state index in [0.717, 1.165) is 18.0 Å². The Morgan fingerprint density at radius 2 is 1.94 bits per heavy atom. The van der Waals surface area contributed by atoms with E-state index in [1.165, 1.54) is 4.68 Å². The van der Waals surface area contributed by atoms with Crippen LogP contribution in [0.15, 0.2) is 36.7 Å². The summed E-state index contributed by atoms with van der Waals surface area (Å²) in [6.45, 7) is 0.218. The molecule has 0 radical (unpaired) electrons. The average Bonchev–Trinajstić information content (AvgIpc) is 2.69. The number of benzene rings is 1. The first-order chi connectivity index (χ1) is 7.97. The minimum atomic E-state index is -4.36. The Hall–Kier alpha value is -1.49. The van der Waals surface area contributed by atoms with Crippen molar-refractivity contribution in [2.45, 2.75) is 12.7 Å². The molecule has 0 aliphatic carbocycles. The molecular weight excluding hydrogens is 253 g/mol. The molecule has 0 amide bonds. The highest BCUT2D eigenvalue weighted by Gasteiger charge is 2.32. The quantitative estimate of drug-likeness (QED) is 0.807. The molecule has 90 valence electrons. The molecule has 0 bridgehead atoms. The highest BCUT2D eigenvalue weighted by molar-refractivity contribution is 6.31. The average molecular weight is 261 g/mol. The zero-order chi connectivity index (χ0) is 12.5. The smallest absolute Gasteiger partial charge is 0.268 e. The molecule has 2 nitrogen and oxygen atoms in total. The topological polar surface area (TPSA) is 17.8 Å². The monoisotopic (exact) mass is 260 g/mol. The Balaban J connectivity index is 2.21. The van der Waals surface area contributed by atoms with Crippen molar-refractivity contribution in [3.05, 3.63) is 52.8 Å². The van der Waals surface area contributed by atoms with Gasteiger partial charge in [-0.05, 0) is 11.6 Å². The standard InChI is InChI=1S/C11H8ClF3N2/c12-10-4-2-1-3-8(10)6-17-7-9(5-16-17)11(13,14)15/h1-5,7H,6H2. The van der Waals surface area contributed by atoms with Crippen LogP contribution in [-0.2, 0) is 12.7 Å². The highest BCUT2D eigenvalue weighted by Crippen LogP contribution is 2.28. The Labute approximate surface area is 101 Å². The first-order valence-corrected chi connectivity index (χ1v) is 5.17. The molecule has 0 spiro atoms. The van der Waals surface area contributed by atoms with Gasteiger partial charge in [0.25, 0.3) is 0 Å². The lowest BCUT2D eigenvalue weighted by Gasteiger charge is -2.04. The fourth-order valence-corrected chi connectivity index (χ4v) is 1.59. The normalized spacial score (nSPS) is 11.8. The molecule has 0 saturated carbocycles. The molecule has 0 atom stereocenters. The van der Waals surface area contributed by atoms with Gasteiger partial charge in [0.15, 0.2) is 0 Å². The van der Waals surface area contributed by atoms with Gasteiger partial charge >= 0.3 is 6.18 Å². The lowest BCUT2D eigenvalue weighted by molar-refractivity contribution is -0.137. The van der Waals surface area contributed by atoms with Gasteiger partial charge in [-0.3, -0.25) is 4.68 Å². The molecule has 0 unspecified atom stereocenters. The van der Waals surface area contributed by atoms with Crippen LogP contribution in [0.2, 0.25) is 5.02 Å².